The molecule has 1 N–H and O–H groups in total. The second-order valence-corrected chi connectivity index (χ2v) is 8.02. The normalized spacial score (nSPS) is 19.3. The van der Waals surface area contributed by atoms with Crippen molar-refractivity contribution in [3.63, 3.8) is 0 Å². The number of benzene rings is 1. The molecule has 0 aliphatic carbocycles. The zero-order chi connectivity index (χ0) is 19.7. The van der Waals surface area contributed by atoms with Crippen LogP contribution in [0.25, 0.3) is 0 Å². The maximum Gasteiger partial charge on any atom is 0.266 e. The Hall–Kier alpha value is -2.58. The van der Waals surface area contributed by atoms with E-state index in [0.717, 1.165) is 10.6 Å². The number of thiazole rings is 1. The summed E-state index contributed by atoms with van der Waals surface area (Å²) in [4.78, 5) is 20.1. The molecule has 1 saturated heterocycles. The zero-order valence-electron chi connectivity index (χ0n) is 15.8. The van der Waals surface area contributed by atoms with E-state index in [4.69, 9.17) is 4.42 Å². The van der Waals surface area contributed by atoms with Crippen LogP contribution in [-0.4, -0.2) is 43.7 Å². The van der Waals surface area contributed by atoms with E-state index in [1.807, 2.05) is 44.2 Å². The number of rotatable bonds is 5. The van der Waals surface area contributed by atoms with E-state index in [9.17, 15) is 9.90 Å². The lowest BCUT2D eigenvalue weighted by molar-refractivity contribution is 0.0701. The SMILES string of the molecule is CCc1nnc([C@H]2C[C@@H](O)CN2C(=O)c2sc(Cc3ccccc3)nc2C)o1. The van der Waals surface area contributed by atoms with Crippen molar-refractivity contribution in [3.8, 4) is 0 Å². The predicted octanol–water partition coefficient (Wildman–Crippen LogP) is 2.94. The largest absolute Gasteiger partial charge is 0.423 e. The molecule has 3 aromatic rings. The Morgan fingerprint density at radius 2 is 2.11 bits per heavy atom. The Kier molecular flexibility index (Phi) is 5.23. The standard InChI is InChI=1S/C20H22N4O3S/c1-3-16-22-23-19(27-16)15-10-14(25)11-24(15)20(26)18-12(2)21-17(28-18)9-13-7-5-4-6-8-13/h4-8,14-15,25H,3,9-11H2,1-2H3/t14-,15-/m1/s1. The second kappa shape index (κ2) is 7.81. The molecule has 0 spiro atoms. The number of amides is 1. The van der Waals surface area contributed by atoms with Gasteiger partial charge in [0.1, 0.15) is 10.9 Å². The molecule has 0 unspecified atom stereocenters. The molecule has 1 aromatic carbocycles. The van der Waals surface area contributed by atoms with E-state index in [2.05, 4.69) is 15.2 Å². The van der Waals surface area contributed by atoms with Gasteiger partial charge in [-0.15, -0.1) is 21.5 Å². The van der Waals surface area contributed by atoms with Crippen LogP contribution in [0.1, 0.15) is 57.1 Å². The highest BCUT2D eigenvalue weighted by Crippen LogP contribution is 2.34. The number of carbonyl (C=O) groups excluding carboxylic acids is 1. The molecule has 7 nitrogen and oxygen atoms in total. The van der Waals surface area contributed by atoms with Crippen molar-refractivity contribution >= 4 is 17.2 Å². The van der Waals surface area contributed by atoms with Gasteiger partial charge < -0.3 is 14.4 Å². The molecule has 1 aliphatic heterocycles. The summed E-state index contributed by atoms with van der Waals surface area (Å²) in [6.07, 6.45) is 1.11. The van der Waals surface area contributed by atoms with E-state index in [0.29, 0.717) is 41.6 Å². The molecular weight excluding hydrogens is 376 g/mol. The monoisotopic (exact) mass is 398 g/mol. The summed E-state index contributed by atoms with van der Waals surface area (Å²) in [6.45, 7) is 4.03. The number of β-amino-alcohol motifs (C(OH)–C–C–N with tert-alkyl or cyclic N) is 1. The number of aryl methyl sites for hydroxylation is 2. The van der Waals surface area contributed by atoms with Crippen LogP contribution in [0.2, 0.25) is 0 Å². The third-order valence-electron chi connectivity index (χ3n) is 4.84. The number of aromatic nitrogens is 3. The Balaban J connectivity index is 1.57. The van der Waals surface area contributed by atoms with Crippen LogP contribution < -0.4 is 0 Å². The summed E-state index contributed by atoms with van der Waals surface area (Å²) in [5, 5.41) is 19.1. The molecule has 1 amide bonds. The average Bonchev–Trinajstić information content (AvgIpc) is 3.40. The fraction of sp³-hybridized carbons (Fsp3) is 0.400. The van der Waals surface area contributed by atoms with Gasteiger partial charge >= 0.3 is 0 Å². The summed E-state index contributed by atoms with van der Waals surface area (Å²) < 4.78 is 5.66. The van der Waals surface area contributed by atoms with Crippen molar-refractivity contribution in [3.05, 3.63) is 63.3 Å². The van der Waals surface area contributed by atoms with Crippen molar-refractivity contribution in [2.45, 2.75) is 45.3 Å². The minimum Gasteiger partial charge on any atom is -0.423 e. The topological polar surface area (TPSA) is 92.4 Å². The number of aliphatic hydroxyl groups excluding tert-OH is 1. The van der Waals surface area contributed by atoms with Crippen molar-refractivity contribution in [1.82, 2.24) is 20.1 Å². The predicted molar refractivity (Wildman–Crippen MR) is 104 cm³/mol. The summed E-state index contributed by atoms with van der Waals surface area (Å²) in [5.74, 6) is 0.767. The molecule has 4 rings (SSSR count). The highest BCUT2D eigenvalue weighted by atomic mass is 32.1. The lowest BCUT2D eigenvalue weighted by Gasteiger charge is -2.21. The van der Waals surface area contributed by atoms with Gasteiger partial charge in [0.25, 0.3) is 5.91 Å². The van der Waals surface area contributed by atoms with E-state index < -0.39 is 12.1 Å². The molecule has 2 aromatic heterocycles. The number of nitrogens with zero attached hydrogens (tertiary/aromatic N) is 4. The van der Waals surface area contributed by atoms with E-state index in [1.165, 1.54) is 11.3 Å². The number of likely N-dealkylation sites (tertiary alicyclic amines) is 1. The maximum atomic E-state index is 13.2. The molecular formula is C20H22N4O3S. The van der Waals surface area contributed by atoms with Crippen LogP contribution in [0.3, 0.4) is 0 Å². The van der Waals surface area contributed by atoms with Crippen LogP contribution in [0.5, 0.6) is 0 Å². The highest BCUT2D eigenvalue weighted by molar-refractivity contribution is 7.13. The van der Waals surface area contributed by atoms with Gasteiger partial charge in [-0.1, -0.05) is 37.3 Å². The zero-order valence-corrected chi connectivity index (χ0v) is 16.6. The number of aliphatic hydroxyl groups is 1. The summed E-state index contributed by atoms with van der Waals surface area (Å²) >= 11 is 1.41. The molecule has 146 valence electrons. The molecule has 0 saturated carbocycles. The smallest absolute Gasteiger partial charge is 0.266 e. The third kappa shape index (κ3) is 3.70. The molecule has 8 heteroatoms. The van der Waals surface area contributed by atoms with E-state index in [1.54, 1.807) is 4.90 Å². The van der Waals surface area contributed by atoms with Crippen LogP contribution in [0.15, 0.2) is 34.7 Å². The summed E-state index contributed by atoms with van der Waals surface area (Å²) in [7, 11) is 0. The Bertz CT molecular complexity index is 969. The van der Waals surface area contributed by atoms with Gasteiger partial charge in [0, 0.05) is 25.8 Å². The summed E-state index contributed by atoms with van der Waals surface area (Å²) in [5.41, 5.74) is 1.86. The average molecular weight is 398 g/mol. The highest BCUT2D eigenvalue weighted by Gasteiger charge is 2.40. The van der Waals surface area contributed by atoms with Crippen LogP contribution >= 0.6 is 11.3 Å². The van der Waals surface area contributed by atoms with Gasteiger partial charge in [-0.3, -0.25) is 4.79 Å². The molecule has 28 heavy (non-hydrogen) atoms. The first-order valence-electron chi connectivity index (χ1n) is 9.36. The molecule has 2 atom stereocenters. The van der Waals surface area contributed by atoms with Gasteiger partial charge in [0.05, 0.1) is 16.8 Å². The first kappa shape index (κ1) is 18.8. The number of hydrogen-bond acceptors (Lipinski definition) is 7. The molecule has 0 radical (unpaired) electrons. The Morgan fingerprint density at radius 1 is 1.32 bits per heavy atom. The van der Waals surface area contributed by atoms with Gasteiger partial charge in [0.2, 0.25) is 11.8 Å². The lowest BCUT2D eigenvalue weighted by atomic mass is 10.2. The van der Waals surface area contributed by atoms with Crippen molar-refractivity contribution < 1.29 is 14.3 Å². The van der Waals surface area contributed by atoms with Crippen molar-refractivity contribution in [2.75, 3.05) is 6.54 Å². The second-order valence-electron chi connectivity index (χ2n) is 6.93. The molecule has 1 aliphatic rings. The third-order valence-corrected chi connectivity index (χ3v) is 5.99. The van der Waals surface area contributed by atoms with Gasteiger partial charge in [0.15, 0.2) is 0 Å². The van der Waals surface area contributed by atoms with Crippen LogP contribution in [0, 0.1) is 6.92 Å². The quantitative estimate of drug-likeness (QED) is 0.710. The first-order valence-corrected chi connectivity index (χ1v) is 10.2. The molecule has 1 fully saturated rings. The summed E-state index contributed by atoms with van der Waals surface area (Å²) in [6, 6.07) is 9.65. The maximum absolute atomic E-state index is 13.2. The first-order chi connectivity index (χ1) is 13.5. The number of carbonyl (C=O) groups is 1. The lowest BCUT2D eigenvalue weighted by Crippen LogP contribution is -2.31. The van der Waals surface area contributed by atoms with Gasteiger partial charge in [-0.05, 0) is 12.5 Å². The van der Waals surface area contributed by atoms with E-state index in [-0.39, 0.29) is 12.5 Å². The molecule has 0 bridgehead atoms. The minimum absolute atomic E-state index is 0.146. The van der Waals surface area contributed by atoms with Crippen molar-refractivity contribution in [2.24, 2.45) is 0 Å². The van der Waals surface area contributed by atoms with E-state index >= 15 is 0 Å². The Morgan fingerprint density at radius 3 is 2.82 bits per heavy atom. The van der Waals surface area contributed by atoms with Gasteiger partial charge in [-0.25, -0.2) is 4.98 Å². The fourth-order valence-electron chi connectivity index (χ4n) is 3.44. The minimum atomic E-state index is -0.608. The van der Waals surface area contributed by atoms with Gasteiger partial charge in [-0.2, -0.15) is 0 Å². The molecule has 3 heterocycles. The fourth-order valence-corrected chi connectivity index (χ4v) is 4.50. The van der Waals surface area contributed by atoms with Crippen LogP contribution in [0.4, 0.5) is 0 Å². The Labute approximate surface area is 167 Å². The van der Waals surface area contributed by atoms with Crippen LogP contribution in [-0.2, 0) is 12.8 Å². The van der Waals surface area contributed by atoms with Crippen molar-refractivity contribution in [1.29, 1.82) is 0 Å². The number of hydrogen-bond donors (Lipinski definition) is 1.